The molecule has 1 aromatic heterocycles. The highest BCUT2D eigenvalue weighted by molar-refractivity contribution is 5.71. The van der Waals surface area contributed by atoms with Crippen molar-refractivity contribution < 1.29 is 33.3 Å². The Morgan fingerprint density at radius 1 is 0.800 bits per heavy atom. The Morgan fingerprint density at radius 3 is 2.07 bits per heavy atom. The monoisotopic (exact) mass is 826 g/mol. The van der Waals surface area contributed by atoms with Gasteiger partial charge in [-0.25, -0.2) is 9.07 Å². The molecule has 326 valence electrons. The molecule has 3 aromatic carbocycles. The van der Waals surface area contributed by atoms with Crippen molar-refractivity contribution in [3.8, 4) is 22.6 Å². The van der Waals surface area contributed by atoms with Gasteiger partial charge in [-0.15, -0.1) is 5.10 Å². The van der Waals surface area contributed by atoms with E-state index in [9.17, 15) is 14.7 Å². The minimum atomic E-state index is -0.783. The van der Waals surface area contributed by atoms with Crippen molar-refractivity contribution in [2.24, 2.45) is 5.92 Å². The Kier molecular flexibility index (Phi) is 18.5. The molecule has 1 saturated carbocycles. The zero-order valence-corrected chi connectivity index (χ0v) is 36.6. The molecule has 1 aliphatic rings. The zero-order chi connectivity index (χ0) is 42.7. The highest BCUT2D eigenvalue weighted by Gasteiger charge is 2.34. The number of aromatic nitrogens is 3. The summed E-state index contributed by atoms with van der Waals surface area (Å²) in [6, 6.07) is 18.6. The Bertz CT molecular complexity index is 1940. The number of halogens is 1. The standard InChI is InChI=1S/C50H68FN3O6/c1-50(2,54-35-40(52-53-54)22-18-16-14-12-10-8-6-5-7-9-11-13-15-17-19-24-49(57)59-4)46-31-37(25-29-43(46)45-33-41(58-3)28-30-47(45)51)36-60-42-23-20-21-39(32-42)44(34-48(55)56)38-26-27-38/h20-21,23,25,28-33,35,38,44H,5-19,22,24,26-27,34,36H2,1-4H3,(H,55,56)/t44-/m0/s1. The molecule has 10 heteroatoms. The van der Waals surface area contributed by atoms with Gasteiger partial charge in [-0.2, -0.15) is 0 Å². The van der Waals surface area contributed by atoms with Crippen molar-refractivity contribution in [3.63, 3.8) is 0 Å². The number of benzene rings is 3. The predicted octanol–water partition coefficient (Wildman–Crippen LogP) is 12.4. The van der Waals surface area contributed by atoms with Crippen molar-refractivity contribution >= 4 is 11.9 Å². The Hall–Kier alpha value is -4.73. The number of aliphatic carboxylic acids is 1. The van der Waals surface area contributed by atoms with Crippen molar-refractivity contribution in [2.75, 3.05) is 14.2 Å². The summed E-state index contributed by atoms with van der Waals surface area (Å²) in [5, 5.41) is 18.7. The summed E-state index contributed by atoms with van der Waals surface area (Å²) >= 11 is 0. The molecule has 1 N–H and O–H groups in total. The van der Waals surface area contributed by atoms with Crippen LogP contribution in [0, 0.1) is 11.7 Å². The minimum Gasteiger partial charge on any atom is -0.497 e. The molecular formula is C50H68FN3O6. The first-order valence-electron chi connectivity index (χ1n) is 22.5. The highest BCUT2D eigenvalue weighted by Crippen LogP contribution is 2.45. The van der Waals surface area contributed by atoms with Crippen molar-refractivity contribution in [3.05, 3.63) is 95.1 Å². The molecule has 0 bridgehead atoms. The van der Waals surface area contributed by atoms with E-state index in [1.54, 1.807) is 19.2 Å². The Morgan fingerprint density at radius 2 is 1.45 bits per heavy atom. The van der Waals surface area contributed by atoms with Gasteiger partial charge in [0.2, 0.25) is 0 Å². The lowest BCUT2D eigenvalue weighted by molar-refractivity contribution is -0.141. The van der Waals surface area contributed by atoms with Gasteiger partial charge in [0.1, 0.15) is 23.9 Å². The Balaban J connectivity index is 1.11. The molecule has 0 unspecified atom stereocenters. The second kappa shape index (κ2) is 23.9. The minimum absolute atomic E-state index is 0.0152. The fraction of sp³-hybridized carbons (Fsp3) is 0.560. The molecular weight excluding hydrogens is 758 g/mol. The number of methoxy groups -OCH3 is 2. The summed E-state index contributed by atoms with van der Waals surface area (Å²) in [4.78, 5) is 22.8. The fourth-order valence-corrected chi connectivity index (χ4v) is 8.29. The van der Waals surface area contributed by atoms with Gasteiger partial charge in [0.25, 0.3) is 0 Å². The van der Waals surface area contributed by atoms with E-state index in [-0.39, 0.29) is 30.7 Å². The first-order valence-corrected chi connectivity index (χ1v) is 22.5. The second-order valence-corrected chi connectivity index (χ2v) is 17.2. The van der Waals surface area contributed by atoms with Gasteiger partial charge < -0.3 is 19.3 Å². The zero-order valence-electron chi connectivity index (χ0n) is 36.6. The number of unbranched alkanes of at least 4 members (excludes halogenated alkanes) is 14. The number of esters is 1. The molecule has 0 aliphatic heterocycles. The summed E-state index contributed by atoms with van der Waals surface area (Å²) in [7, 11) is 3.03. The highest BCUT2D eigenvalue weighted by atomic mass is 19.1. The maximum absolute atomic E-state index is 15.5. The molecule has 1 aliphatic carbocycles. The van der Waals surface area contributed by atoms with Crippen molar-refractivity contribution in [2.45, 2.75) is 160 Å². The van der Waals surface area contributed by atoms with Crippen LogP contribution in [0.2, 0.25) is 0 Å². The number of carbonyl (C=O) groups excluding carboxylic acids is 1. The number of aryl methyl sites for hydroxylation is 1. The number of rotatable bonds is 29. The van der Waals surface area contributed by atoms with Crippen LogP contribution in [0.4, 0.5) is 4.39 Å². The van der Waals surface area contributed by atoms with Crippen molar-refractivity contribution in [1.82, 2.24) is 15.0 Å². The van der Waals surface area contributed by atoms with E-state index in [2.05, 4.69) is 30.2 Å². The number of hydrogen-bond donors (Lipinski definition) is 1. The quantitative estimate of drug-likeness (QED) is 0.0425. The Labute approximate surface area is 357 Å². The lowest BCUT2D eigenvalue weighted by atomic mass is 9.85. The number of carboxylic acids is 1. The van der Waals surface area contributed by atoms with Crippen LogP contribution in [0.15, 0.2) is 66.9 Å². The van der Waals surface area contributed by atoms with Crippen LogP contribution in [0.1, 0.15) is 164 Å². The van der Waals surface area contributed by atoms with E-state index in [1.807, 2.05) is 47.3 Å². The van der Waals surface area contributed by atoms with Gasteiger partial charge >= 0.3 is 11.9 Å². The largest absolute Gasteiger partial charge is 0.497 e. The van der Waals surface area contributed by atoms with Gasteiger partial charge in [-0.05, 0) is 116 Å². The number of hydrogen-bond acceptors (Lipinski definition) is 7. The summed E-state index contributed by atoms with van der Waals surface area (Å²) in [5.74, 6) is 0.429. The van der Waals surface area contributed by atoms with E-state index in [4.69, 9.17) is 14.2 Å². The third-order valence-electron chi connectivity index (χ3n) is 12.1. The average molecular weight is 826 g/mol. The SMILES string of the molecule is COC(=O)CCCCCCCCCCCCCCCCCc1cn(C(C)(C)c2cc(COc3cccc([C@@H](CC(=O)O)C4CC4)c3)ccc2-c2cc(OC)ccc2F)nn1. The molecule has 0 spiro atoms. The van der Waals surface area contributed by atoms with Gasteiger partial charge in [-0.3, -0.25) is 9.59 Å². The van der Waals surface area contributed by atoms with Crippen LogP contribution in [-0.2, 0) is 32.9 Å². The maximum Gasteiger partial charge on any atom is 0.305 e. The summed E-state index contributed by atoms with van der Waals surface area (Å²) < 4.78 is 33.9. The van der Waals surface area contributed by atoms with Crippen molar-refractivity contribution in [1.29, 1.82) is 0 Å². The molecule has 1 fully saturated rings. The molecule has 1 heterocycles. The summed E-state index contributed by atoms with van der Waals surface area (Å²) in [6.45, 7) is 4.44. The van der Waals surface area contributed by atoms with Crippen LogP contribution in [-0.4, -0.2) is 46.3 Å². The average Bonchev–Trinajstić information content (AvgIpc) is 3.98. The van der Waals surface area contributed by atoms with E-state index in [0.717, 1.165) is 66.5 Å². The number of nitrogens with zero attached hydrogens (tertiary/aromatic N) is 3. The van der Waals surface area contributed by atoms with Crippen LogP contribution < -0.4 is 9.47 Å². The molecule has 1 atom stereocenters. The first-order chi connectivity index (χ1) is 29.1. The number of carbonyl (C=O) groups is 2. The molecule has 4 aromatic rings. The van der Waals surface area contributed by atoms with Crippen LogP contribution in [0.3, 0.4) is 0 Å². The smallest absolute Gasteiger partial charge is 0.305 e. The molecule has 0 radical (unpaired) electrons. The molecule has 0 saturated heterocycles. The third-order valence-corrected chi connectivity index (χ3v) is 12.1. The van der Waals surface area contributed by atoms with E-state index < -0.39 is 11.5 Å². The van der Waals surface area contributed by atoms with E-state index in [0.29, 0.717) is 29.4 Å². The van der Waals surface area contributed by atoms with Gasteiger partial charge in [-0.1, -0.05) is 113 Å². The molecule has 5 rings (SSSR count). The molecule has 9 nitrogen and oxygen atoms in total. The van der Waals surface area contributed by atoms with Gasteiger partial charge in [0, 0.05) is 18.2 Å². The first kappa shape index (κ1) is 46.3. The molecule has 0 amide bonds. The van der Waals surface area contributed by atoms with E-state index >= 15 is 4.39 Å². The van der Waals surface area contributed by atoms with E-state index in [1.165, 1.54) is 90.2 Å². The molecule has 60 heavy (non-hydrogen) atoms. The van der Waals surface area contributed by atoms with Gasteiger partial charge in [0.05, 0.1) is 31.9 Å². The third kappa shape index (κ3) is 14.5. The fourth-order valence-electron chi connectivity index (χ4n) is 8.29. The second-order valence-electron chi connectivity index (χ2n) is 17.2. The number of ether oxygens (including phenoxy) is 3. The van der Waals surface area contributed by atoms with Gasteiger partial charge in [0.15, 0.2) is 0 Å². The summed E-state index contributed by atoms with van der Waals surface area (Å²) in [6.07, 6.45) is 24.1. The van der Waals surface area contributed by atoms with Crippen LogP contribution in [0.25, 0.3) is 11.1 Å². The summed E-state index contributed by atoms with van der Waals surface area (Å²) in [5.41, 5.74) is 4.23. The maximum atomic E-state index is 15.5. The van der Waals surface area contributed by atoms with Crippen LogP contribution in [0.5, 0.6) is 11.5 Å². The lowest BCUT2D eigenvalue weighted by Crippen LogP contribution is -2.29. The topological polar surface area (TPSA) is 113 Å². The predicted molar refractivity (Wildman–Crippen MR) is 235 cm³/mol. The lowest BCUT2D eigenvalue weighted by Gasteiger charge is -2.29. The number of carboxylic acid groups (broad SMARTS) is 1. The normalized spacial score (nSPS) is 13.3. The van der Waals surface area contributed by atoms with Crippen LogP contribution >= 0.6 is 0 Å².